The van der Waals surface area contributed by atoms with Crippen molar-refractivity contribution < 1.29 is 13.6 Å². The van der Waals surface area contributed by atoms with Gasteiger partial charge in [0.2, 0.25) is 5.91 Å². The minimum atomic E-state index is -1.12. The molecule has 0 spiro atoms. The summed E-state index contributed by atoms with van der Waals surface area (Å²) in [5, 5.41) is 9.81. The lowest BCUT2D eigenvalue weighted by atomic mass is 10.2. The van der Waals surface area contributed by atoms with Crippen LogP contribution in [0.15, 0.2) is 18.2 Å². The van der Waals surface area contributed by atoms with Crippen molar-refractivity contribution >= 4 is 5.91 Å². The van der Waals surface area contributed by atoms with E-state index in [2.05, 4.69) is 0 Å². The molecule has 1 N–H and O–H groups in total. The molecule has 0 aliphatic heterocycles. The number of halogens is 2. The van der Waals surface area contributed by atoms with Gasteiger partial charge in [-0.15, -0.1) is 0 Å². The first-order valence-corrected chi connectivity index (χ1v) is 3.02. The third-order valence-electron chi connectivity index (χ3n) is 1.27. The lowest BCUT2D eigenvalue weighted by molar-refractivity contribution is 0.0966. The van der Waals surface area contributed by atoms with Crippen molar-refractivity contribution in [2.24, 2.45) is 0 Å². The van der Waals surface area contributed by atoms with Crippen LogP contribution in [0.4, 0.5) is 8.78 Å². The van der Waals surface area contributed by atoms with E-state index in [-0.39, 0.29) is 0 Å². The van der Waals surface area contributed by atoms with E-state index in [0.717, 1.165) is 17.6 Å². The van der Waals surface area contributed by atoms with Crippen LogP contribution in [0, 0.1) is 16.8 Å². The number of hydrogen-bond donors (Lipinski definition) is 1. The normalized spacial score (nSPS) is 9.58. The van der Waals surface area contributed by atoms with E-state index in [1.165, 1.54) is 0 Å². The lowest BCUT2D eigenvalue weighted by Crippen LogP contribution is -2.17. The van der Waals surface area contributed by atoms with E-state index in [9.17, 15) is 18.8 Å². The van der Waals surface area contributed by atoms with Crippen LogP contribution >= 0.6 is 0 Å². The molecule has 0 unspecified atom stereocenters. The summed E-state index contributed by atoms with van der Waals surface area (Å²) >= 11 is 0. The van der Waals surface area contributed by atoms with Crippen LogP contribution in [0.1, 0.15) is 10.4 Å². The molecule has 0 aliphatic rings. The zero-order valence-corrected chi connectivity index (χ0v) is 5.80. The van der Waals surface area contributed by atoms with Gasteiger partial charge >= 0.3 is 0 Å². The summed E-state index contributed by atoms with van der Waals surface area (Å²) in [5.41, 5.74) is 0.524. The van der Waals surface area contributed by atoms with Crippen LogP contribution in [-0.4, -0.2) is 5.91 Å². The molecular formula is C7H4F2NO2-. The summed E-state index contributed by atoms with van der Waals surface area (Å²) in [6, 6.07) is 2.33. The molecule has 0 heterocycles. The highest BCUT2D eigenvalue weighted by molar-refractivity contribution is 5.94. The van der Waals surface area contributed by atoms with Gasteiger partial charge in [-0.3, -0.25) is 4.79 Å². The molecule has 0 radical (unpaired) electrons. The first kappa shape index (κ1) is 8.61. The Bertz CT molecular complexity index is 314. The highest BCUT2D eigenvalue weighted by Gasteiger charge is 2.08. The molecule has 0 saturated heterocycles. The van der Waals surface area contributed by atoms with Gasteiger partial charge in [-0.25, -0.2) is 8.78 Å². The Morgan fingerprint density at radius 2 is 2.08 bits per heavy atom. The maximum atomic E-state index is 12.6. The van der Waals surface area contributed by atoms with Gasteiger partial charge in [-0.2, -0.15) is 0 Å². The van der Waals surface area contributed by atoms with Crippen molar-refractivity contribution in [1.29, 1.82) is 0 Å². The summed E-state index contributed by atoms with van der Waals surface area (Å²) < 4.78 is 24.9. The van der Waals surface area contributed by atoms with Crippen LogP contribution in [0.2, 0.25) is 0 Å². The fourth-order valence-corrected chi connectivity index (χ4v) is 0.729. The minimum Gasteiger partial charge on any atom is -0.759 e. The van der Waals surface area contributed by atoms with Crippen molar-refractivity contribution in [3.63, 3.8) is 0 Å². The first-order valence-electron chi connectivity index (χ1n) is 3.02. The van der Waals surface area contributed by atoms with E-state index >= 15 is 0 Å². The van der Waals surface area contributed by atoms with Crippen molar-refractivity contribution in [3.05, 3.63) is 40.6 Å². The van der Waals surface area contributed by atoms with Crippen molar-refractivity contribution in [1.82, 2.24) is 5.48 Å². The molecule has 0 aromatic heterocycles. The Morgan fingerprint density at radius 1 is 1.42 bits per heavy atom. The van der Waals surface area contributed by atoms with E-state index < -0.39 is 23.1 Å². The number of hydrogen-bond acceptors (Lipinski definition) is 2. The van der Waals surface area contributed by atoms with Crippen LogP contribution in [0.25, 0.3) is 0 Å². The Morgan fingerprint density at radius 3 is 2.58 bits per heavy atom. The minimum absolute atomic E-state index is 0.466. The fraction of sp³-hybridized carbons (Fsp3) is 0. The van der Waals surface area contributed by atoms with Gasteiger partial charge in [0.05, 0.1) is 5.56 Å². The second-order valence-electron chi connectivity index (χ2n) is 2.06. The number of carbonyl (C=O) groups excluding carboxylic acids is 1. The Balaban J connectivity index is 3.09. The van der Waals surface area contributed by atoms with Crippen LogP contribution in [0.3, 0.4) is 0 Å². The molecule has 1 aromatic carbocycles. The van der Waals surface area contributed by atoms with Crippen LogP contribution in [-0.2, 0) is 0 Å². The second kappa shape index (κ2) is 3.27. The average molecular weight is 172 g/mol. The van der Waals surface area contributed by atoms with Crippen molar-refractivity contribution in [2.75, 3.05) is 0 Å². The maximum absolute atomic E-state index is 12.6. The fourth-order valence-electron chi connectivity index (χ4n) is 0.729. The van der Waals surface area contributed by atoms with Gasteiger partial charge in [0, 0.05) is 6.07 Å². The quantitative estimate of drug-likeness (QED) is 0.647. The highest BCUT2D eigenvalue weighted by atomic mass is 19.1. The third-order valence-corrected chi connectivity index (χ3v) is 1.27. The van der Waals surface area contributed by atoms with Gasteiger partial charge in [0.15, 0.2) is 0 Å². The van der Waals surface area contributed by atoms with Crippen molar-refractivity contribution in [3.8, 4) is 0 Å². The van der Waals surface area contributed by atoms with E-state index in [1.807, 2.05) is 0 Å². The monoisotopic (exact) mass is 172 g/mol. The number of benzene rings is 1. The smallest absolute Gasteiger partial charge is 0.243 e. The lowest BCUT2D eigenvalue weighted by Gasteiger charge is -2.07. The molecule has 64 valence electrons. The maximum Gasteiger partial charge on any atom is 0.243 e. The zero-order chi connectivity index (χ0) is 9.14. The molecule has 12 heavy (non-hydrogen) atoms. The molecule has 0 bridgehead atoms. The van der Waals surface area contributed by atoms with Gasteiger partial charge in [-0.1, -0.05) is 0 Å². The Kier molecular flexibility index (Phi) is 2.35. The summed E-state index contributed by atoms with van der Waals surface area (Å²) in [6.07, 6.45) is 0. The topological polar surface area (TPSA) is 52.2 Å². The van der Waals surface area contributed by atoms with Crippen molar-refractivity contribution in [2.45, 2.75) is 0 Å². The average Bonchev–Trinajstić information content (AvgIpc) is 2.03. The van der Waals surface area contributed by atoms with Crippen LogP contribution < -0.4 is 5.48 Å². The van der Waals surface area contributed by atoms with Gasteiger partial charge in [-0.05, 0) is 12.1 Å². The third kappa shape index (κ3) is 1.57. The van der Waals surface area contributed by atoms with E-state index in [0.29, 0.717) is 6.07 Å². The highest BCUT2D eigenvalue weighted by Crippen LogP contribution is 2.08. The molecule has 1 rings (SSSR count). The second-order valence-corrected chi connectivity index (χ2v) is 2.06. The molecule has 0 fully saturated rings. The molecule has 0 atom stereocenters. The predicted octanol–water partition coefficient (Wildman–Crippen LogP) is 1.19. The Hall–Kier alpha value is -1.49. The molecule has 5 heteroatoms. The summed E-state index contributed by atoms with van der Waals surface area (Å²) in [7, 11) is 0. The number of rotatable bonds is 1. The van der Waals surface area contributed by atoms with Crippen LogP contribution in [0.5, 0.6) is 0 Å². The largest absolute Gasteiger partial charge is 0.759 e. The van der Waals surface area contributed by atoms with E-state index in [4.69, 9.17) is 0 Å². The molecule has 1 amide bonds. The molecule has 0 saturated carbocycles. The number of hydroxylamine groups is 1. The predicted molar refractivity (Wildman–Crippen MR) is 37.2 cm³/mol. The SMILES string of the molecule is O=C(N[O-])c1ccc(F)cc1F. The number of amides is 1. The summed E-state index contributed by atoms with van der Waals surface area (Å²) in [4.78, 5) is 10.6. The first-order chi connectivity index (χ1) is 5.65. The van der Waals surface area contributed by atoms with Gasteiger partial charge in [0.1, 0.15) is 11.6 Å². The molecule has 0 aliphatic carbocycles. The molecule has 3 nitrogen and oxygen atoms in total. The molecular weight excluding hydrogens is 168 g/mol. The van der Waals surface area contributed by atoms with Gasteiger partial charge < -0.3 is 10.7 Å². The summed E-state index contributed by atoms with van der Waals surface area (Å²) in [5.74, 6) is -2.97. The zero-order valence-electron chi connectivity index (χ0n) is 5.80. The molecule has 1 aromatic rings. The number of nitrogens with one attached hydrogen (secondary N) is 1. The van der Waals surface area contributed by atoms with Gasteiger partial charge in [0.25, 0.3) is 0 Å². The number of carbonyl (C=O) groups is 1. The van der Waals surface area contributed by atoms with E-state index in [1.54, 1.807) is 0 Å². The Labute approximate surface area is 66.6 Å². The standard InChI is InChI=1S/C7H4F2NO2/c8-4-1-2-5(6(9)3-4)7(11)10-12/h1-3H,(H-,10,11,12)/q-1. The summed E-state index contributed by atoms with van der Waals surface area (Å²) in [6.45, 7) is 0.